The molecule has 3 aromatic rings. The second-order valence-electron chi connectivity index (χ2n) is 8.19. The van der Waals surface area contributed by atoms with Crippen molar-refractivity contribution in [3.05, 3.63) is 77.8 Å². The van der Waals surface area contributed by atoms with Crippen LogP contribution in [0.1, 0.15) is 44.1 Å². The second kappa shape index (κ2) is 9.72. The number of rotatable bonds is 6. The summed E-state index contributed by atoms with van der Waals surface area (Å²) in [5.74, 6) is 1.10. The molecule has 0 aromatic carbocycles. The molecule has 7 nitrogen and oxygen atoms in total. The highest BCUT2D eigenvalue weighted by Gasteiger charge is 2.31. The van der Waals surface area contributed by atoms with E-state index in [1.54, 1.807) is 12.1 Å². The normalized spacial score (nSPS) is 19.2. The fourth-order valence-electron chi connectivity index (χ4n) is 4.19. The van der Waals surface area contributed by atoms with Crippen molar-refractivity contribution < 1.29 is 18.7 Å². The minimum Gasteiger partial charge on any atom is -0.619 e. The SMILES string of the molecule is C[C@@H](C(=O)Nc1ccc(Oc2ccc(F)cn2)cn1)[C@H]1CCC[C@@H](c2cc[n+]([O-])cc2)C1. The maximum atomic E-state index is 12.9. The van der Waals surface area contributed by atoms with E-state index in [1.165, 1.54) is 30.7 Å². The highest BCUT2D eigenvalue weighted by Crippen LogP contribution is 2.39. The number of nitrogens with one attached hydrogen (secondary N) is 1. The number of hydrogen-bond donors (Lipinski definition) is 1. The Morgan fingerprint density at radius 1 is 1.16 bits per heavy atom. The van der Waals surface area contributed by atoms with Crippen molar-refractivity contribution in [2.45, 2.75) is 38.5 Å². The lowest BCUT2D eigenvalue weighted by Gasteiger charge is -2.32. The van der Waals surface area contributed by atoms with E-state index in [0.29, 0.717) is 17.5 Å². The molecule has 1 aliphatic rings. The van der Waals surface area contributed by atoms with Gasteiger partial charge in [0, 0.05) is 24.1 Å². The molecule has 1 amide bonds. The van der Waals surface area contributed by atoms with Gasteiger partial charge in [0.1, 0.15) is 17.4 Å². The average molecular weight is 436 g/mol. The van der Waals surface area contributed by atoms with Crippen LogP contribution in [0.15, 0.2) is 61.2 Å². The molecule has 3 atom stereocenters. The molecule has 0 radical (unpaired) electrons. The number of hydrogen-bond acceptors (Lipinski definition) is 5. The Labute approximate surface area is 185 Å². The predicted octanol–water partition coefficient (Wildman–Crippen LogP) is 4.59. The first kappa shape index (κ1) is 21.7. The third-order valence-corrected chi connectivity index (χ3v) is 6.04. The molecule has 0 unspecified atom stereocenters. The Morgan fingerprint density at radius 2 is 1.97 bits per heavy atom. The lowest BCUT2D eigenvalue weighted by molar-refractivity contribution is -0.605. The second-order valence-corrected chi connectivity index (χ2v) is 8.19. The molecule has 0 bridgehead atoms. The molecular weight excluding hydrogens is 411 g/mol. The molecule has 1 fully saturated rings. The number of aromatic nitrogens is 3. The monoisotopic (exact) mass is 436 g/mol. The lowest BCUT2D eigenvalue weighted by Crippen LogP contribution is -2.30. The Bertz CT molecular complexity index is 1040. The van der Waals surface area contributed by atoms with Crippen molar-refractivity contribution in [1.82, 2.24) is 9.97 Å². The first-order valence-electron chi connectivity index (χ1n) is 10.7. The summed E-state index contributed by atoms with van der Waals surface area (Å²) in [7, 11) is 0. The van der Waals surface area contributed by atoms with Crippen molar-refractivity contribution in [2.75, 3.05) is 5.32 Å². The van der Waals surface area contributed by atoms with Gasteiger partial charge in [-0.2, -0.15) is 4.73 Å². The minimum absolute atomic E-state index is 0.0671. The molecule has 8 heteroatoms. The summed E-state index contributed by atoms with van der Waals surface area (Å²) in [6.07, 6.45) is 9.67. The third kappa shape index (κ3) is 5.38. The maximum Gasteiger partial charge on any atom is 0.228 e. The summed E-state index contributed by atoms with van der Waals surface area (Å²) in [5.41, 5.74) is 1.15. The smallest absolute Gasteiger partial charge is 0.228 e. The number of carbonyl (C=O) groups is 1. The summed E-state index contributed by atoms with van der Waals surface area (Å²) >= 11 is 0. The van der Waals surface area contributed by atoms with Crippen molar-refractivity contribution >= 4 is 11.7 Å². The molecule has 1 aliphatic carbocycles. The highest BCUT2D eigenvalue weighted by atomic mass is 19.1. The number of nitrogens with zero attached hydrogens (tertiary/aromatic N) is 3. The van der Waals surface area contributed by atoms with Crippen molar-refractivity contribution in [3.63, 3.8) is 0 Å². The van der Waals surface area contributed by atoms with Crippen LogP contribution in [0, 0.1) is 22.9 Å². The third-order valence-electron chi connectivity index (χ3n) is 6.04. The van der Waals surface area contributed by atoms with Crippen LogP contribution in [0.3, 0.4) is 0 Å². The van der Waals surface area contributed by atoms with E-state index in [4.69, 9.17) is 4.74 Å². The van der Waals surface area contributed by atoms with E-state index in [0.717, 1.165) is 42.2 Å². The number of anilines is 1. The molecule has 0 spiro atoms. The van der Waals surface area contributed by atoms with E-state index in [2.05, 4.69) is 15.3 Å². The van der Waals surface area contributed by atoms with Gasteiger partial charge in [-0.25, -0.2) is 14.4 Å². The first-order valence-corrected chi connectivity index (χ1v) is 10.7. The van der Waals surface area contributed by atoms with E-state index in [1.807, 2.05) is 19.1 Å². The summed E-state index contributed by atoms with van der Waals surface area (Å²) < 4.78 is 19.3. The molecule has 3 heterocycles. The number of pyridine rings is 3. The van der Waals surface area contributed by atoms with Gasteiger partial charge >= 0.3 is 0 Å². The zero-order valence-electron chi connectivity index (χ0n) is 17.8. The van der Waals surface area contributed by atoms with Crippen molar-refractivity contribution in [3.8, 4) is 11.6 Å². The molecule has 166 valence electrons. The van der Waals surface area contributed by atoms with Gasteiger partial charge in [0.15, 0.2) is 12.4 Å². The zero-order valence-corrected chi connectivity index (χ0v) is 17.8. The number of carbonyl (C=O) groups excluding carboxylic acids is 1. The summed E-state index contributed by atoms with van der Waals surface area (Å²) in [6.45, 7) is 1.96. The minimum atomic E-state index is -0.439. The average Bonchev–Trinajstić information content (AvgIpc) is 2.82. The van der Waals surface area contributed by atoms with Crippen LogP contribution >= 0.6 is 0 Å². The zero-order chi connectivity index (χ0) is 22.5. The van der Waals surface area contributed by atoms with Gasteiger partial charge < -0.3 is 15.3 Å². The highest BCUT2D eigenvalue weighted by molar-refractivity contribution is 5.91. The van der Waals surface area contributed by atoms with E-state index in [-0.39, 0.29) is 23.6 Å². The van der Waals surface area contributed by atoms with Crippen LogP contribution in [0.5, 0.6) is 11.6 Å². The topological polar surface area (TPSA) is 91.0 Å². The number of halogens is 1. The molecule has 0 saturated heterocycles. The van der Waals surface area contributed by atoms with Gasteiger partial charge in [0.25, 0.3) is 0 Å². The standard InChI is InChI=1S/C24H25FN4O3/c1-16(18-3-2-4-19(13-18)17-9-11-29(31)12-10-17)24(30)28-22-7-6-21(15-26-22)32-23-8-5-20(25)14-27-23/h5-12,14-16,18-19H,2-4,13H2,1H3,(H,26,28,30)/t16-,18+,19-/m1/s1. The van der Waals surface area contributed by atoms with Crippen LogP contribution < -0.4 is 14.8 Å². The fraction of sp³-hybridized carbons (Fsp3) is 0.333. The van der Waals surface area contributed by atoms with E-state index in [9.17, 15) is 14.4 Å². The quantitative estimate of drug-likeness (QED) is 0.451. The largest absolute Gasteiger partial charge is 0.619 e. The Hall–Kier alpha value is -3.55. The Balaban J connectivity index is 1.33. The number of ether oxygens (including phenoxy) is 1. The van der Waals surface area contributed by atoms with Gasteiger partial charge in [0.2, 0.25) is 11.8 Å². The van der Waals surface area contributed by atoms with Crippen LogP contribution in [0.25, 0.3) is 0 Å². The first-order chi connectivity index (χ1) is 15.5. The van der Waals surface area contributed by atoms with Gasteiger partial charge in [-0.05, 0) is 54.9 Å². The van der Waals surface area contributed by atoms with Crippen LogP contribution in [-0.4, -0.2) is 15.9 Å². The van der Waals surface area contributed by atoms with Gasteiger partial charge in [-0.15, -0.1) is 0 Å². The number of amides is 1. The van der Waals surface area contributed by atoms with Crippen molar-refractivity contribution in [2.24, 2.45) is 11.8 Å². The van der Waals surface area contributed by atoms with E-state index < -0.39 is 5.82 Å². The van der Waals surface area contributed by atoms with Crippen LogP contribution in [-0.2, 0) is 4.79 Å². The van der Waals surface area contributed by atoms with Gasteiger partial charge in [-0.1, -0.05) is 13.3 Å². The predicted molar refractivity (Wildman–Crippen MR) is 116 cm³/mol. The summed E-state index contributed by atoms with van der Waals surface area (Å²) in [4.78, 5) is 20.9. The summed E-state index contributed by atoms with van der Waals surface area (Å²) in [5, 5.41) is 14.2. The van der Waals surface area contributed by atoms with Gasteiger partial charge in [0.05, 0.1) is 12.4 Å². The lowest BCUT2D eigenvalue weighted by atomic mass is 9.73. The Kier molecular flexibility index (Phi) is 6.58. The van der Waals surface area contributed by atoms with E-state index >= 15 is 0 Å². The summed E-state index contributed by atoms with van der Waals surface area (Å²) in [6, 6.07) is 9.78. The van der Waals surface area contributed by atoms with Gasteiger partial charge in [-0.3, -0.25) is 4.79 Å². The molecule has 4 rings (SSSR count). The maximum absolute atomic E-state index is 12.9. The molecule has 3 aromatic heterocycles. The Morgan fingerprint density at radius 3 is 2.66 bits per heavy atom. The van der Waals surface area contributed by atoms with Crippen LogP contribution in [0.4, 0.5) is 10.2 Å². The molecule has 32 heavy (non-hydrogen) atoms. The van der Waals surface area contributed by atoms with Crippen molar-refractivity contribution in [1.29, 1.82) is 0 Å². The van der Waals surface area contributed by atoms with Crippen LogP contribution in [0.2, 0.25) is 0 Å². The fourth-order valence-corrected chi connectivity index (χ4v) is 4.19. The molecule has 0 aliphatic heterocycles. The molecule has 1 N–H and O–H groups in total. The molecular formula is C24H25FN4O3. The molecule has 1 saturated carbocycles.